The monoisotopic (exact) mass is 266 g/mol. The minimum atomic E-state index is 0.558. The van der Waals surface area contributed by atoms with Gasteiger partial charge in [0.1, 0.15) is 18.4 Å². The summed E-state index contributed by atoms with van der Waals surface area (Å²) in [5.41, 5.74) is 3.81. The summed E-state index contributed by atoms with van der Waals surface area (Å²) < 4.78 is 5.68. The molecule has 0 aliphatic carbocycles. The van der Waals surface area contributed by atoms with E-state index in [0.29, 0.717) is 18.7 Å². The Bertz CT molecular complexity index is 629. The van der Waals surface area contributed by atoms with Crippen LogP contribution < -0.4 is 10.1 Å². The smallest absolute Gasteiger partial charge is 0.119 e. The zero-order valence-electron chi connectivity index (χ0n) is 11.8. The first-order valence-electron chi connectivity index (χ1n) is 6.64. The molecule has 0 heterocycles. The van der Waals surface area contributed by atoms with Gasteiger partial charge in [0.15, 0.2) is 0 Å². The number of benzene rings is 2. The first kappa shape index (κ1) is 14.0. The number of para-hydroxylation sites is 1. The maximum absolute atomic E-state index is 9.09. The van der Waals surface area contributed by atoms with E-state index in [9.17, 15) is 0 Å². The van der Waals surface area contributed by atoms with E-state index in [1.54, 1.807) is 0 Å². The first-order chi connectivity index (χ1) is 9.70. The lowest BCUT2D eigenvalue weighted by Crippen LogP contribution is -2.13. The predicted molar refractivity (Wildman–Crippen MR) is 81.1 cm³/mol. The maximum Gasteiger partial charge on any atom is 0.119 e. The normalized spacial score (nSPS) is 9.85. The van der Waals surface area contributed by atoms with Crippen molar-refractivity contribution in [2.45, 2.75) is 13.8 Å². The van der Waals surface area contributed by atoms with Crippen LogP contribution in [0.1, 0.15) is 16.7 Å². The second-order valence-corrected chi connectivity index (χ2v) is 4.70. The Labute approximate surface area is 119 Å². The van der Waals surface area contributed by atoms with E-state index < -0.39 is 0 Å². The van der Waals surface area contributed by atoms with Crippen molar-refractivity contribution >= 4 is 5.69 Å². The van der Waals surface area contributed by atoms with Gasteiger partial charge in [-0.15, -0.1) is 0 Å². The van der Waals surface area contributed by atoms with Gasteiger partial charge in [-0.1, -0.05) is 24.3 Å². The topological polar surface area (TPSA) is 45.0 Å². The number of rotatable bonds is 5. The van der Waals surface area contributed by atoms with Crippen molar-refractivity contribution in [3.8, 4) is 11.8 Å². The Morgan fingerprint density at radius 1 is 1.15 bits per heavy atom. The number of nitrogens with one attached hydrogen (secondary N) is 1. The fourth-order valence-corrected chi connectivity index (χ4v) is 2.05. The summed E-state index contributed by atoms with van der Waals surface area (Å²) in [6.07, 6.45) is 0. The number of ether oxygens (including phenoxy) is 1. The molecule has 0 aliphatic rings. The number of hydrogen-bond acceptors (Lipinski definition) is 3. The molecule has 0 saturated heterocycles. The molecule has 20 heavy (non-hydrogen) atoms. The van der Waals surface area contributed by atoms with Gasteiger partial charge in [-0.3, -0.25) is 0 Å². The maximum atomic E-state index is 9.09. The van der Waals surface area contributed by atoms with Gasteiger partial charge in [0, 0.05) is 6.54 Å². The fourth-order valence-electron chi connectivity index (χ4n) is 2.05. The van der Waals surface area contributed by atoms with Crippen LogP contribution in [0.3, 0.4) is 0 Å². The zero-order valence-corrected chi connectivity index (χ0v) is 11.8. The van der Waals surface area contributed by atoms with Gasteiger partial charge < -0.3 is 10.1 Å². The van der Waals surface area contributed by atoms with Crippen LogP contribution in [0.5, 0.6) is 5.75 Å². The molecular formula is C17H18N2O. The van der Waals surface area contributed by atoms with Gasteiger partial charge in [-0.25, -0.2) is 0 Å². The molecule has 0 aliphatic heterocycles. The van der Waals surface area contributed by atoms with E-state index in [1.165, 1.54) is 5.56 Å². The van der Waals surface area contributed by atoms with E-state index in [4.69, 9.17) is 10.00 Å². The van der Waals surface area contributed by atoms with Crippen LogP contribution in [0.2, 0.25) is 0 Å². The molecule has 2 aromatic carbocycles. The van der Waals surface area contributed by atoms with Crippen molar-refractivity contribution in [3.05, 3.63) is 59.2 Å². The Kier molecular flexibility index (Phi) is 4.62. The molecule has 2 aromatic rings. The molecule has 1 N–H and O–H groups in total. The highest BCUT2D eigenvalue weighted by molar-refractivity contribution is 5.62. The van der Waals surface area contributed by atoms with Crippen LogP contribution in [-0.2, 0) is 0 Å². The van der Waals surface area contributed by atoms with Crippen molar-refractivity contribution in [1.29, 1.82) is 5.26 Å². The lowest BCUT2D eigenvalue weighted by molar-refractivity contribution is 0.332. The van der Waals surface area contributed by atoms with Crippen LogP contribution in [0.25, 0.3) is 0 Å². The molecule has 2 rings (SSSR count). The van der Waals surface area contributed by atoms with Gasteiger partial charge in [0.05, 0.1) is 11.3 Å². The van der Waals surface area contributed by atoms with Crippen molar-refractivity contribution in [1.82, 2.24) is 0 Å². The summed E-state index contributed by atoms with van der Waals surface area (Å²) in [5.74, 6) is 0.872. The van der Waals surface area contributed by atoms with Crippen LogP contribution in [0.4, 0.5) is 5.69 Å². The second-order valence-electron chi connectivity index (χ2n) is 4.70. The number of anilines is 1. The Morgan fingerprint density at radius 2 is 1.95 bits per heavy atom. The Balaban J connectivity index is 1.89. The second kappa shape index (κ2) is 6.63. The van der Waals surface area contributed by atoms with Crippen molar-refractivity contribution in [2.75, 3.05) is 18.5 Å². The average Bonchev–Trinajstić information content (AvgIpc) is 2.45. The molecule has 0 amide bonds. The highest BCUT2D eigenvalue weighted by Gasteiger charge is 2.04. The van der Waals surface area contributed by atoms with Gasteiger partial charge in [-0.05, 0) is 43.2 Å². The number of nitriles is 1. The third-order valence-electron chi connectivity index (χ3n) is 3.06. The predicted octanol–water partition coefficient (Wildman–Crippen LogP) is 3.67. The van der Waals surface area contributed by atoms with Gasteiger partial charge in [0.2, 0.25) is 0 Å². The highest BCUT2D eigenvalue weighted by atomic mass is 16.5. The van der Waals surface area contributed by atoms with E-state index >= 15 is 0 Å². The van der Waals surface area contributed by atoms with Crippen LogP contribution >= 0.6 is 0 Å². The summed E-state index contributed by atoms with van der Waals surface area (Å²) in [6.45, 7) is 5.25. The summed E-state index contributed by atoms with van der Waals surface area (Å²) in [6, 6.07) is 15.9. The molecule has 102 valence electrons. The standard InChI is InChI=1S/C17H18N2O/c1-13-5-3-8-16(11-13)20-10-9-19-17-14(2)6-4-7-15(17)12-18/h3-8,11,19H,9-10H2,1-2H3. The minimum absolute atomic E-state index is 0.558. The van der Waals surface area contributed by atoms with Crippen molar-refractivity contribution in [3.63, 3.8) is 0 Å². The van der Waals surface area contributed by atoms with Gasteiger partial charge in [0.25, 0.3) is 0 Å². The molecule has 0 saturated carbocycles. The zero-order chi connectivity index (χ0) is 14.4. The van der Waals surface area contributed by atoms with Gasteiger partial charge in [-0.2, -0.15) is 5.26 Å². The molecule has 3 nitrogen and oxygen atoms in total. The summed E-state index contributed by atoms with van der Waals surface area (Å²) in [5, 5.41) is 12.4. The number of aryl methyl sites for hydroxylation is 2. The Hall–Kier alpha value is -2.47. The molecule has 0 aromatic heterocycles. The van der Waals surface area contributed by atoms with Crippen molar-refractivity contribution < 1.29 is 4.74 Å². The quantitative estimate of drug-likeness (QED) is 0.840. The van der Waals surface area contributed by atoms with Crippen LogP contribution in [0, 0.1) is 25.2 Å². The third-order valence-corrected chi connectivity index (χ3v) is 3.06. The highest BCUT2D eigenvalue weighted by Crippen LogP contribution is 2.19. The summed E-state index contributed by atoms with van der Waals surface area (Å²) in [4.78, 5) is 0. The molecule has 0 fully saturated rings. The van der Waals surface area contributed by atoms with Crippen molar-refractivity contribution in [2.24, 2.45) is 0 Å². The SMILES string of the molecule is Cc1cccc(OCCNc2c(C)cccc2C#N)c1. The van der Waals surface area contributed by atoms with E-state index in [-0.39, 0.29) is 0 Å². The molecule has 0 bridgehead atoms. The fraction of sp³-hybridized carbons (Fsp3) is 0.235. The summed E-state index contributed by atoms with van der Waals surface area (Å²) in [7, 11) is 0. The first-order valence-corrected chi connectivity index (χ1v) is 6.64. The van der Waals surface area contributed by atoms with E-state index in [0.717, 1.165) is 17.0 Å². The van der Waals surface area contributed by atoms with Gasteiger partial charge >= 0.3 is 0 Å². The average molecular weight is 266 g/mol. The lowest BCUT2D eigenvalue weighted by Gasteiger charge is -2.12. The summed E-state index contributed by atoms with van der Waals surface area (Å²) >= 11 is 0. The lowest BCUT2D eigenvalue weighted by atomic mass is 10.1. The molecule has 3 heteroatoms. The Morgan fingerprint density at radius 3 is 2.70 bits per heavy atom. The largest absolute Gasteiger partial charge is 0.492 e. The molecular weight excluding hydrogens is 248 g/mol. The molecule has 0 atom stereocenters. The third kappa shape index (κ3) is 3.52. The van der Waals surface area contributed by atoms with E-state index in [2.05, 4.69) is 11.4 Å². The molecule has 0 radical (unpaired) electrons. The molecule has 0 spiro atoms. The number of hydrogen-bond donors (Lipinski definition) is 1. The van der Waals surface area contributed by atoms with Crippen LogP contribution in [-0.4, -0.2) is 13.2 Å². The minimum Gasteiger partial charge on any atom is -0.492 e. The van der Waals surface area contributed by atoms with Crippen LogP contribution in [0.15, 0.2) is 42.5 Å². The molecule has 0 unspecified atom stereocenters. The van der Waals surface area contributed by atoms with E-state index in [1.807, 2.05) is 56.3 Å². The number of nitrogens with zero attached hydrogens (tertiary/aromatic N) is 1.